The third kappa shape index (κ3) is 5.06. The number of benzene rings is 3. The lowest BCUT2D eigenvalue weighted by molar-refractivity contribution is 0.0892. The Morgan fingerprint density at radius 2 is 1.54 bits per heavy atom. The van der Waals surface area contributed by atoms with Crippen molar-refractivity contribution in [3.05, 3.63) is 107 Å². The Bertz CT molecular complexity index is 881. The predicted molar refractivity (Wildman–Crippen MR) is 110 cm³/mol. The van der Waals surface area contributed by atoms with E-state index in [9.17, 15) is 9.90 Å². The Labute approximate surface area is 165 Å². The number of hydrogen-bond acceptors (Lipinski definition) is 3. The van der Waals surface area contributed by atoms with Crippen LogP contribution >= 0.6 is 0 Å². The zero-order chi connectivity index (χ0) is 19.8. The van der Waals surface area contributed by atoms with Gasteiger partial charge in [-0.25, -0.2) is 0 Å². The van der Waals surface area contributed by atoms with Gasteiger partial charge in [0.2, 0.25) is 0 Å². The molecule has 0 aliphatic carbocycles. The average molecular weight is 375 g/mol. The van der Waals surface area contributed by atoms with Crippen molar-refractivity contribution >= 4 is 5.91 Å². The van der Waals surface area contributed by atoms with Crippen LogP contribution in [0, 0.1) is 0 Å². The van der Waals surface area contributed by atoms with Crippen molar-refractivity contribution in [1.82, 2.24) is 5.32 Å². The fourth-order valence-electron chi connectivity index (χ4n) is 3.27. The van der Waals surface area contributed by atoms with Crippen LogP contribution in [-0.4, -0.2) is 30.8 Å². The second-order valence-electron chi connectivity index (χ2n) is 6.72. The molecule has 0 radical (unpaired) electrons. The third-order valence-corrected chi connectivity index (χ3v) is 4.64. The molecule has 4 heteroatoms. The maximum atomic E-state index is 13.0. The zero-order valence-electron chi connectivity index (χ0n) is 15.9. The Balaban J connectivity index is 1.79. The van der Waals surface area contributed by atoms with Crippen LogP contribution in [0.1, 0.15) is 33.2 Å². The standard InChI is InChI=1S/C24H25NO3/c1-28-17-20(16-18-10-4-2-5-11-18)25-24(27)22-15-9-8-14-21(22)23(26)19-12-6-3-7-13-19/h2-15,20,23,26H,16-17H2,1H3,(H,25,27)/t20-,23+/m0/s1. The van der Waals surface area contributed by atoms with E-state index in [1.807, 2.05) is 66.7 Å². The number of aliphatic hydroxyl groups is 1. The van der Waals surface area contributed by atoms with E-state index in [4.69, 9.17) is 4.74 Å². The van der Waals surface area contributed by atoms with E-state index in [2.05, 4.69) is 5.32 Å². The van der Waals surface area contributed by atoms with E-state index in [1.54, 1.807) is 25.3 Å². The van der Waals surface area contributed by atoms with Crippen LogP contribution in [0.15, 0.2) is 84.9 Å². The summed E-state index contributed by atoms with van der Waals surface area (Å²) < 4.78 is 5.30. The molecule has 0 spiro atoms. The van der Waals surface area contributed by atoms with Crippen molar-refractivity contribution in [2.75, 3.05) is 13.7 Å². The SMILES string of the molecule is COC[C@H](Cc1ccccc1)NC(=O)c1ccccc1[C@H](O)c1ccccc1. The van der Waals surface area contributed by atoms with Gasteiger partial charge in [0.25, 0.3) is 5.91 Å². The number of amides is 1. The van der Waals surface area contributed by atoms with E-state index in [1.165, 1.54) is 0 Å². The van der Waals surface area contributed by atoms with Crippen molar-refractivity contribution in [2.24, 2.45) is 0 Å². The smallest absolute Gasteiger partial charge is 0.251 e. The number of nitrogens with one attached hydrogen (secondary N) is 1. The maximum Gasteiger partial charge on any atom is 0.251 e. The molecule has 0 aliphatic heterocycles. The molecule has 3 rings (SSSR count). The lowest BCUT2D eigenvalue weighted by atomic mass is 9.96. The average Bonchev–Trinajstić information content (AvgIpc) is 2.74. The minimum atomic E-state index is -0.863. The summed E-state index contributed by atoms with van der Waals surface area (Å²) in [6.45, 7) is 0.407. The van der Waals surface area contributed by atoms with Gasteiger partial charge < -0.3 is 15.2 Å². The van der Waals surface area contributed by atoms with Gasteiger partial charge in [0.05, 0.1) is 12.6 Å². The van der Waals surface area contributed by atoms with Crippen LogP contribution < -0.4 is 5.32 Å². The Morgan fingerprint density at radius 3 is 2.21 bits per heavy atom. The minimum Gasteiger partial charge on any atom is -0.384 e. The number of hydrogen-bond donors (Lipinski definition) is 2. The summed E-state index contributed by atoms with van der Waals surface area (Å²) in [6, 6.07) is 26.3. The summed E-state index contributed by atoms with van der Waals surface area (Å²) in [7, 11) is 1.62. The first kappa shape index (κ1) is 19.8. The second kappa shape index (κ2) is 9.83. The monoisotopic (exact) mass is 375 g/mol. The number of aliphatic hydroxyl groups excluding tert-OH is 1. The fraction of sp³-hybridized carbons (Fsp3) is 0.208. The van der Waals surface area contributed by atoms with Gasteiger partial charge in [0.15, 0.2) is 0 Å². The predicted octanol–water partition coefficient (Wildman–Crippen LogP) is 3.76. The van der Waals surface area contributed by atoms with Gasteiger partial charge >= 0.3 is 0 Å². The lowest BCUT2D eigenvalue weighted by Gasteiger charge is -2.20. The van der Waals surface area contributed by atoms with Gasteiger partial charge in [0, 0.05) is 12.7 Å². The molecule has 2 atom stereocenters. The molecule has 2 N–H and O–H groups in total. The van der Waals surface area contributed by atoms with Gasteiger partial charge in [-0.05, 0) is 29.2 Å². The van der Waals surface area contributed by atoms with Crippen molar-refractivity contribution in [3.63, 3.8) is 0 Å². The van der Waals surface area contributed by atoms with E-state index in [0.29, 0.717) is 24.2 Å². The first-order chi connectivity index (χ1) is 13.7. The lowest BCUT2D eigenvalue weighted by Crippen LogP contribution is -2.40. The molecule has 0 saturated heterocycles. The molecule has 0 heterocycles. The molecular weight excluding hydrogens is 350 g/mol. The quantitative estimate of drug-likeness (QED) is 0.630. The summed E-state index contributed by atoms with van der Waals surface area (Å²) in [6.07, 6.45) is -0.192. The van der Waals surface area contributed by atoms with E-state index in [0.717, 1.165) is 11.1 Å². The summed E-state index contributed by atoms with van der Waals surface area (Å²) >= 11 is 0. The zero-order valence-corrected chi connectivity index (χ0v) is 15.9. The molecule has 0 fully saturated rings. The Kier molecular flexibility index (Phi) is 6.95. The molecule has 0 aliphatic rings. The number of ether oxygens (including phenoxy) is 1. The summed E-state index contributed by atoms with van der Waals surface area (Å²) in [5.74, 6) is -0.219. The fourth-order valence-corrected chi connectivity index (χ4v) is 3.27. The van der Waals surface area contributed by atoms with Crippen LogP contribution in [0.25, 0.3) is 0 Å². The van der Waals surface area contributed by atoms with E-state index < -0.39 is 6.10 Å². The number of rotatable bonds is 8. The van der Waals surface area contributed by atoms with Crippen LogP contribution in [0.3, 0.4) is 0 Å². The maximum absolute atomic E-state index is 13.0. The molecule has 4 nitrogen and oxygen atoms in total. The topological polar surface area (TPSA) is 58.6 Å². The van der Waals surface area contributed by atoms with Crippen LogP contribution in [-0.2, 0) is 11.2 Å². The van der Waals surface area contributed by atoms with Crippen molar-refractivity contribution in [2.45, 2.75) is 18.6 Å². The van der Waals surface area contributed by atoms with Gasteiger partial charge in [0.1, 0.15) is 6.10 Å². The normalized spacial score (nSPS) is 12.9. The van der Waals surface area contributed by atoms with Crippen LogP contribution in [0.4, 0.5) is 0 Å². The highest BCUT2D eigenvalue weighted by Crippen LogP contribution is 2.25. The molecular formula is C24H25NO3. The van der Waals surface area contributed by atoms with Gasteiger partial charge in [-0.3, -0.25) is 4.79 Å². The molecule has 3 aromatic carbocycles. The van der Waals surface area contributed by atoms with E-state index in [-0.39, 0.29) is 11.9 Å². The molecule has 0 bridgehead atoms. The Morgan fingerprint density at radius 1 is 0.929 bits per heavy atom. The molecule has 0 unspecified atom stereocenters. The van der Waals surface area contributed by atoms with Gasteiger partial charge in [-0.2, -0.15) is 0 Å². The largest absolute Gasteiger partial charge is 0.384 e. The summed E-state index contributed by atoms with van der Waals surface area (Å²) in [5.41, 5.74) is 2.93. The molecule has 1 amide bonds. The second-order valence-corrected chi connectivity index (χ2v) is 6.72. The van der Waals surface area contributed by atoms with Crippen molar-refractivity contribution < 1.29 is 14.6 Å². The number of methoxy groups -OCH3 is 1. The first-order valence-corrected chi connectivity index (χ1v) is 9.34. The van der Waals surface area contributed by atoms with Crippen molar-refractivity contribution in [3.8, 4) is 0 Å². The molecule has 28 heavy (non-hydrogen) atoms. The number of carbonyl (C=O) groups excluding carboxylic acids is 1. The summed E-state index contributed by atoms with van der Waals surface area (Å²) in [4.78, 5) is 13.0. The molecule has 3 aromatic rings. The molecule has 144 valence electrons. The van der Waals surface area contributed by atoms with E-state index >= 15 is 0 Å². The third-order valence-electron chi connectivity index (χ3n) is 4.64. The molecule has 0 aromatic heterocycles. The minimum absolute atomic E-state index is 0.165. The first-order valence-electron chi connectivity index (χ1n) is 9.34. The highest BCUT2D eigenvalue weighted by atomic mass is 16.5. The molecule has 0 saturated carbocycles. The number of carbonyl (C=O) groups is 1. The highest BCUT2D eigenvalue weighted by Gasteiger charge is 2.21. The summed E-state index contributed by atoms with van der Waals surface area (Å²) in [5, 5.41) is 13.8. The van der Waals surface area contributed by atoms with Crippen molar-refractivity contribution in [1.29, 1.82) is 0 Å². The Hall–Kier alpha value is -2.95. The van der Waals surface area contributed by atoms with Gasteiger partial charge in [-0.1, -0.05) is 78.9 Å². The van der Waals surface area contributed by atoms with Gasteiger partial charge in [-0.15, -0.1) is 0 Å². The highest BCUT2D eigenvalue weighted by molar-refractivity contribution is 5.96. The van der Waals surface area contributed by atoms with Crippen LogP contribution in [0.5, 0.6) is 0 Å². The van der Waals surface area contributed by atoms with Crippen LogP contribution in [0.2, 0.25) is 0 Å².